The number of thiophene rings is 1. The van der Waals surface area contributed by atoms with Crippen LogP contribution in [0.3, 0.4) is 0 Å². The summed E-state index contributed by atoms with van der Waals surface area (Å²) in [7, 11) is 0. The van der Waals surface area contributed by atoms with Crippen molar-refractivity contribution in [3.63, 3.8) is 0 Å². The summed E-state index contributed by atoms with van der Waals surface area (Å²) >= 11 is 1.83. The minimum atomic E-state index is 0.342. The third-order valence-corrected chi connectivity index (χ3v) is 8.22. The lowest BCUT2D eigenvalue weighted by Crippen LogP contribution is -2.55. The molecule has 2 aromatic rings. The zero-order chi connectivity index (χ0) is 20.3. The lowest BCUT2D eigenvalue weighted by atomic mass is 9.79. The van der Waals surface area contributed by atoms with Gasteiger partial charge in [0.15, 0.2) is 0 Å². The SMILES string of the molecule is O=C(CCC[C@H]1NCC2CC1CN(Cc1ccccc1)C2)N1CCc2sccc2C1. The molecule has 2 fully saturated rings. The van der Waals surface area contributed by atoms with Crippen molar-refractivity contribution in [2.45, 2.75) is 51.2 Å². The number of hydrogen-bond donors (Lipinski definition) is 1. The van der Waals surface area contributed by atoms with Crippen molar-refractivity contribution in [3.05, 3.63) is 57.8 Å². The number of amides is 1. The second kappa shape index (κ2) is 9.21. The van der Waals surface area contributed by atoms with Crippen LogP contribution in [0.1, 0.15) is 41.7 Å². The van der Waals surface area contributed by atoms with E-state index in [0.717, 1.165) is 57.3 Å². The minimum absolute atomic E-state index is 0.342. The Bertz CT molecular complexity index is 851. The number of carbonyl (C=O) groups is 1. The van der Waals surface area contributed by atoms with Crippen LogP contribution in [-0.2, 0) is 24.3 Å². The van der Waals surface area contributed by atoms with Crippen LogP contribution in [0.25, 0.3) is 0 Å². The Morgan fingerprint density at radius 1 is 1.17 bits per heavy atom. The molecule has 2 saturated heterocycles. The van der Waals surface area contributed by atoms with E-state index in [-0.39, 0.29) is 0 Å². The normalized spacial score (nSPS) is 26.4. The maximum absolute atomic E-state index is 12.7. The summed E-state index contributed by atoms with van der Waals surface area (Å²) in [5, 5.41) is 5.98. The van der Waals surface area contributed by atoms with Crippen LogP contribution in [0.2, 0.25) is 0 Å². The Morgan fingerprint density at radius 2 is 2.07 bits per heavy atom. The summed E-state index contributed by atoms with van der Waals surface area (Å²) in [5.41, 5.74) is 2.78. The van der Waals surface area contributed by atoms with Crippen molar-refractivity contribution in [2.24, 2.45) is 11.8 Å². The smallest absolute Gasteiger partial charge is 0.222 e. The molecule has 1 aromatic heterocycles. The molecule has 2 unspecified atom stereocenters. The van der Waals surface area contributed by atoms with Crippen LogP contribution in [0.4, 0.5) is 0 Å². The zero-order valence-corrected chi connectivity index (χ0v) is 18.6. The van der Waals surface area contributed by atoms with Crippen molar-refractivity contribution in [3.8, 4) is 0 Å². The van der Waals surface area contributed by atoms with Crippen LogP contribution >= 0.6 is 11.3 Å². The van der Waals surface area contributed by atoms with E-state index in [4.69, 9.17) is 0 Å². The fraction of sp³-hybridized carbons (Fsp3) is 0.560. The predicted octanol–water partition coefficient (Wildman–Crippen LogP) is 3.91. The number of rotatable bonds is 6. The Labute approximate surface area is 184 Å². The first-order valence-corrected chi connectivity index (χ1v) is 12.5. The predicted molar refractivity (Wildman–Crippen MR) is 122 cm³/mol. The van der Waals surface area contributed by atoms with Gasteiger partial charge in [-0.3, -0.25) is 9.69 Å². The summed E-state index contributed by atoms with van der Waals surface area (Å²) in [6.07, 6.45) is 5.21. The van der Waals surface area contributed by atoms with E-state index in [0.29, 0.717) is 18.4 Å². The standard InChI is InChI=1S/C25H33N3OS/c29-25(28-11-9-24-21(18-28)10-12-30-24)8-4-7-23-22-13-20(14-26-23)16-27(17-22)15-19-5-2-1-3-6-19/h1-3,5-6,10,12,20,22-23,26H,4,7-9,11,13-18H2/t20?,22?,23-/m1/s1. The van der Waals surface area contributed by atoms with E-state index in [2.05, 4.69) is 56.9 Å². The number of hydrogen-bond acceptors (Lipinski definition) is 4. The first kappa shape index (κ1) is 20.2. The van der Waals surface area contributed by atoms with Crippen LogP contribution in [-0.4, -0.2) is 47.9 Å². The number of fused-ring (bicyclic) bond motifs is 3. The molecule has 1 amide bonds. The third kappa shape index (κ3) is 4.63. The van der Waals surface area contributed by atoms with Gasteiger partial charge in [0.05, 0.1) is 0 Å². The highest BCUT2D eigenvalue weighted by Crippen LogP contribution is 2.31. The first-order valence-electron chi connectivity index (χ1n) is 11.6. The molecule has 160 valence electrons. The second-order valence-corrected chi connectivity index (χ2v) is 10.4. The maximum atomic E-state index is 12.7. The highest BCUT2D eigenvalue weighted by molar-refractivity contribution is 7.10. The number of piperidine rings is 2. The Balaban J connectivity index is 1.09. The van der Waals surface area contributed by atoms with Crippen molar-refractivity contribution in [1.29, 1.82) is 0 Å². The highest BCUT2D eigenvalue weighted by atomic mass is 32.1. The third-order valence-electron chi connectivity index (χ3n) is 7.20. The molecule has 0 spiro atoms. The lowest BCUT2D eigenvalue weighted by Gasteiger charge is -2.46. The highest BCUT2D eigenvalue weighted by Gasteiger charge is 2.36. The molecule has 5 heteroatoms. The molecule has 0 aliphatic carbocycles. The van der Waals surface area contributed by atoms with E-state index < -0.39 is 0 Å². The molecule has 1 N–H and O–H groups in total. The van der Waals surface area contributed by atoms with Crippen LogP contribution in [0.15, 0.2) is 41.8 Å². The Hall–Kier alpha value is -1.69. The molecule has 3 aliphatic heterocycles. The van der Waals surface area contributed by atoms with E-state index >= 15 is 0 Å². The van der Waals surface area contributed by atoms with Gasteiger partial charge >= 0.3 is 0 Å². The van der Waals surface area contributed by atoms with Gasteiger partial charge < -0.3 is 10.2 Å². The van der Waals surface area contributed by atoms with Crippen LogP contribution in [0, 0.1) is 11.8 Å². The van der Waals surface area contributed by atoms with Crippen molar-refractivity contribution in [2.75, 3.05) is 26.2 Å². The van der Waals surface area contributed by atoms with Crippen molar-refractivity contribution < 1.29 is 4.79 Å². The number of likely N-dealkylation sites (tertiary alicyclic amines) is 1. The molecule has 3 aliphatic rings. The topological polar surface area (TPSA) is 35.6 Å². The second-order valence-electron chi connectivity index (χ2n) is 9.38. The van der Waals surface area contributed by atoms with Gasteiger partial charge in [-0.25, -0.2) is 0 Å². The summed E-state index contributed by atoms with van der Waals surface area (Å²) in [4.78, 5) is 18.9. The fourth-order valence-corrected chi connectivity index (χ4v) is 6.56. The molecule has 3 atom stereocenters. The average Bonchev–Trinajstić information content (AvgIpc) is 3.24. The summed E-state index contributed by atoms with van der Waals surface area (Å²) in [5.74, 6) is 1.84. The molecule has 1 aromatic carbocycles. The molecule has 30 heavy (non-hydrogen) atoms. The number of benzene rings is 1. The average molecular weight is 424 g/mol. The number of carbonyl (C=O) groups excluding carboxylic acids is 1. The molecular weight excluding hydrogens is 390 g/mol. The summed E-state index contributed by atoms with van der Waals surface area (Å²) in [6.45, 7) is 6.31. The first-order chi connectivity index (χ1) is 14.7. The molecule has 4 nitrogen and oxygen atoms in total. The Morgan fingerprint density at radius 3 is 2.97 bits per heavy atom. The molecule has 4 heterocycles. The van der Waals surface area contributed by atoms with Gasteiger partial charge in [-0.05, 0) is 66.6 Å². The van der Waals surface area contributed by atoms with Gasteiger partial charge in [0.25, 0.3) is 0 Å². The fourth-order valence-electron chi connectivity index (χ4n) is 5.67. The largest absolute Gasteiger partial charge is 0.338 e. The van der Waals surface area contributed by atoms with E-state index in [1.807, 2.05) is 11.3 Å². The lowest BCUT2D eigenvalue weighted by molar-refractivity contribution is -0.132. The molecule has 2 bridgehead atoms. The van der Waals surface area contributed by atoms with Gasteiger partial charge in [-0.15, -0.1) is 11.3 Å². The summed E-state index contributed by atoms with van der Waals surface area (Å²) in [6, 6.07) is 13.6. The number of nitrogens with one attached hydrogen (secondary N) is 1. The summed E-state index contributed by atoms with van der Waals surface area (Å²) < 4.78 is 0. The molecule has 0 saturated carbocycles. The van der Waals surface area contributed by atoms with Gasteiger partial charge in [-0.1, -0.05) is 30.3 Å². The van der Waals surface area contributed by atoms with E-state index in [1.165, 1.54) is 35.5 Å². The van der Waals surface area contributed by atoms with E-state index in [9.17, 15) is 4.79 Å². The maximum Gasteiger partial charge on any atom is 0.222 e. The Kier molecular flexibility index (Phi) is 6.21. The van der Waals surface area contributed by atoms with Crippen LogP contribution in [0.5, 0.6) is 0 Å². The van der Waals surface area contributed by atoms with E-state index in [1.54, 1.807) is 0 Å². The monoisotopic (exact) mass is 423 g/mol. The number of nitrogens with zero attached hydrogens (tertiary/aromatic N) is 2. The molecular formula is C25H33N3OS. The van der Waals surface area contributed by atoms with Gasteiger partial charge in [-0.2, -0.15) is 0 Å². The van der Waals surface area contributed by atoms with Crippen molar-refractivity contribution >= 4 is 17.2 Å². The van der Waals surface area contributed by atoms with Gasteiger partial charge in [0.2, 0.25) is 5.91 Å². The molecule has 5 rings (SSSR count). The van der Waals surface area contributed by atoms with Gasteiger partial charge in [0.1, 0.15) is 0 Å². The molecule has 0 radical (unpaired) electrons. The van der Waals surface area contributed by atoms with Crippen molar-refractivity contribution in [1.82, 2.24) is 15.1 Å². The van der Waals surface area contributed by atoms with Crippen LogP contribution < -0.4 is 5.32 Å². The van der Waals surface area contributed by atoms with Gasteiger partial charge in [0, 0.05) is 50.1 Å². The minimum Gasteiger partial charge on any atom is -0.338 e. The quantitative estimate of drug-likeness (QED) is 0.765. The zero-order valence-electron chi connectivity index (χ0n) is 17.8.